The van der Waals surface area contributed by atoms with Crippen LogP contribution in [0.15, 0.2) is 94.7 Å². The van der Waals surface area contributed by atoms with Gasteiger partial charge in [0.05, 0.1) is 4.90 Å². The zero-order chi connectivity index (χ0) is 35.2. The molecule has 0 heterocycles. The van der Waals surface area contributed by atoms with E-state index in [1.807, 2.05) is 0 Å². The van der Waals surface area contributed by atoms with Crippen LogP contribution < -0.4 is 14.6 Å². The average molecular weight is 739 g/mol. The first kappa shape index (κ1) is 42.3. The van der Waals surface area contributed by atoms with Gasteiger partial charge in [0.1, 0.15) is 32.3 Å². The second-order valence-corrected chi connectivity index (χ2v) is 13.8. The van der Waals surface area contributed by atoms with Gasteiger partial charge in [-0.2, -0.15) is 8.42 Å². The number of para-hydroxylation sites is 2. The summed E-state index contributed by atoms with van der Waals surface area (Å²) in [5.41, 5.74) is 0.781. The minimum atomic E-state index is -4.82. The number of aromatic hydroxyl groups is 1. The number of hydrogen-bond acceptors (Lipinski definition) is 9. The van der Waals surface area contributed by atoms with E-state index in [0.29, 0.717) is 35.5 Å². The van der Waals surface area contributed by atoms with Gasteiger partial charge in [-0.25, -0.2) is 8.42 Å². The quantitative estimate of drug-likeness (QED) is 0.0657. The molecule has 0 amide bonds. The van der Waals surface area contributed by atoms with Crippen LogP contribution in [-0.4, -0.2) is 68.8 Å². The fourth-order valence-electron chi connectivity index (χ4n) is 5.02. The maximum atomic E-state index is 12.1. The molecule has 0 unspecified atom stereocenters. The standard InChI is InChI=1S/2C18H22O5S.Ca/c2*1-2-3-4-6-9-14-12-13-16(19)17(18(14)24(20,21)22)23-15-10-7-5-8-11-15;/h2*5,7-8,10-13,19H,2-4,6,9H2,1H3,(H,20,21,22);/q;;+2/p-2. The summed E-state index contributed by atoms with van der Waals surface area (Å²) >= 11 is 0. The molecule has 0 saturated heterocycles. The van der Waals surface area contributed by atoms with E-state index in [9.17, 15) is 36.2 Å². The van der Waals surface area contributed by atoms with Crippen molar-refractivity contribution in [3.63, 3.8) is 0 Å². The van der Waals surface area contributed by atoms with Crippen LogP contribution in [0.1, 0.15) is 76.3 Å². The molecule has 0 saturated carbocycles. The molecule has 260 valence electrons. The molecule has 2 N–H and O–H groups in total. The Bertz CT molecular complexity index is 1680. The maximum Gasteiger partial charge on any atom is 2.00 e. The molecule has 0 atom stereocenters. The second-order valence-electron chi connectivity index (χ2n) is 11.2. The smallest absolute Gasteiger partial charge is 0.870 e. The van der Waals surface area contributed by atoms with Gasteiger partial charge in [-0.15, -0.1) is 0 Å². The van der Waals surface area contributed by atoms with E-state index >= 15 is 0 Å². The van der Waals surface area contributed by atoms with Gasteiger partial charge in [0.2, 0.25) is 0 Å². The number of unbranched alkanes of at least 4 members (excludes halogenated alkanes) is 6. The maximum absolute atomic E-state index is 12.1. The molecule has 10 nitrogen and oxygen atoms in total. The normalized spacial score (nSPS) is 11.2. The molecule has 13 heteroatoms. The van der Waals surface area contributed by atoms with E-state index in [1.165, 1.54) is 24.3 Å². The Morgan fingerprint density at radius 1 is 0.612 bits per heavy atom. The van der Waals surface area contributed by atoms with Gasteiger partial charge < -0.3 is 24.2 Å². The Kier molecular flexibility index (Phi) is 17.9. The number of phenols is 1. The summed E-state index contributed by atoms with van der Waals surface area (Å²) in [7, 11) is -9.36. The number of phenolic OH excluding ortho intramolecular Hbond substituents is 1. The van der Waals surface area contributed by atoms with Crippen molar-refractivity contribution >= 4 is 58.0 Å². The van der Waals surface area contributed by atoms with Crippen LogP contribution >= 0.6 is 0 Å². The first-order valence-electron chi connectivity index (χ1n) is 15.9. The van der Waals surface area contributed by atoms with Crippen molar-refractivity contribution in [2.24, 2.45) is 0 Å². The van der Waals surface area contributed by atoms with Gasteiger partial charge in [-0.05, 0) is 67.1 Å². The fraction of sp³-hybridized carbons (Fsp3) is 0.333. The fourth-order valence-corrected chi connectivity index (χ4v) is 6.76. The number of hydrogen-bond donors (Lipinski definition) is 2. The van der Waals surface area contributed by atoms with Crippen molar-refractivity contribution in [2.45, 2.75) is 87.8 Å². The summed E-state index contributed by atoms with van der Waals surface area (Å²) in [5.74, 6) is -0.918. The van der Waals surface area contributed by atoms with Crippen molar-refractivity contribution in [3.8, 4) is 34.5 Å². The van der Waals surface area contributed by atoms with Crippen LogP contribution in [0.2, 0.25) is 0 Å². The third-order valence-electron chi connectivity index (χ3n) is 7.36. The predicted octanol–water partition coefficient (Wildman–Crippen LogP) is 7.75. The van der Waals surface area contributed by atoms with Crippen molar-refractivity contribution < 1.29 is 45.6 Å². The van der Waals surface area contributed by atoms with Crippen LogP contribution in [0.3, 0.4) is 0 Å². The summed E-state index contributed by atoms with van der Waals surface area (Å²) in [5, 5.41) is 22.1. The van der Waals surface area contributed by atoms with Crippen LogP contribution in [0, 0.1) is 0 Å². The molecule has 0 spiro atoms. The molecule has 0 radical (unpaired) electrons. The van der Waals surface area contributed by atoms with Gasteiger partial charge in [0, 0.05) is 0 Å². The number of aryl methyl sites for hydroxylation is 2. The Balaban J connectivity index is 0.000000333. The van der Waals surface area contributed by atoms with Gasteiger partial charge in [0.25, 0.3) is 10.1 Å². The van der Waals surface area contributed by atoms with Gasteiger partial charge in [-0.1, -0.05) is 113 Å². The summed E-state index contributed by atoms with van der Waals surface area (Å²) in [4.78, 5) is -0.891. The van der Waals surface area contributed by atoms with Crippen molar-refractivity contribution in [1.82, 2.24) is 0 Å². The summed E-state index contributed by atoms with van der Waals surface area (Å²) in [6.45, 7) is 4.17. The van der Waals surface area contributed by atoms with Crippen molar-refractivity contribution in [2.75, 3.05) is 0 Å². The SMILES string of the molecule is CCCCCCc1ccc(O)c(Oc2ccccc2)c1S(=O)(=O)O.CCCCCCc1ccc([O-])c(Oc2ccccc2)c1S(=O)(=O)[O-].[Ca+2]. The molecule has 0 aliphatic heterocycles. The predicted molar refractivity (Wildman–Crippen MR) is 186 cm³/mol. The van der Waals surface area contributed by atoms with Gasteiger partial charge >= 0.3 is 37.7 Å². The molecule has 49 heavy (non-hydrogen) atoms. The van der Waals surface area contributed by atoms with Crippen LogP contribution in [0.5, 0.6) is 34.5 Å². The van der Waals surface area contributed by atoms with Gasteiger partial charge in [-0.3, -0.25) is 4.55 Å². The Morgan fingerprint density at radius 3 is 1.51 bits per heavy atom. The average Bonchev–Trinajstić information content (AvgIpc) is 3.04. The zero-order valence-corrected chi connectivity index (χ0v) is 31.7. The summed E-state index contributed by atoms with van der Waals surface area (Å²) in [6, 6.07) is 22.4. The Hall–Kier alpha value is -2.84. The molecular formula is C36H42CaO10S2. The number of rotatable bonds is 16. The van der Waals surface area contributed by atoms with Gasteiger partial charge in [0.15, 0.2) is 11.5 Å². The largest absolute Gasteiger partial charge is 2.00 e. The molecule has 0 aliphatic carbocycles. The molecule has 0 aromatic heterocycles. The first-order valence-corrected chi connectivity index (χ1v) is 18.8. The molecule has 4 aromatic rings. The van der Waals surface area contributed by atoms with Crippen LogP contribution in [0.4, 0.5) is 0 Å². The minimum absolute atomic E-state index is 0. The summed E-state index contributed by atoms with van der Waals surface area (Å²) in [6.07, 6.45) is 8.57. The van der Waals surface area contributed by atoms with Crippen molar-refractivity contribution in [1.29, 1.82) is 0 Å². The first-order chi connectivity index (χ1) is 22.9. The minimum Gasteiger partial charge on any atom is -0.870 e. The number of benzene rings is 4. The molecule has 4 aromatic carbocycles. The van der Waals surface area contributed by atoms with E-state index in [2.05, 4.69) is 13.8 Å². The van der Waals surface area contributed by atoms with Crippen molar-refractivity contribution in [3.05, 3.63) is 96.1 Å². The number of ether oxygens (including phenoxy) is 2. The van der Waals surface area contributed by atoms with E-state index < -0.39 is 36.6 Å². The van der Waals surface area contributed by atoms with E-state index in [0.717, 1.165) is 51.4 Å². The second kappa shape index (κ2) is 20.7. The van der Waals surface area contributed by atoms with Crippen LogP contribution in [0.25, 0.3) is 0 Å². The Labute approximate surface area is 319 Å². The van der Waals surface area contributed by atoms with E-state index in [4.69, 9.17) is 9.47 Å². The Morgan fingerprint density at radius 2 is 1.06 bits per heavy atom. The summed E-state index contributed by atoms with van der Waals surface area (Å²) < 4.78 is 79.6. The molecule has 0 fully saturated rings. The topological polar surface area (TPSA) is 173 Å². The molecule has 4 rings (SSSR count). The van der Waals surface area contributed by atoms with E-state index in [-0.39, 0.29) is 54.1 Å². The third-order valence-corrected chi connectivity index (χ3v) is 9.28. The third kappa shape index (κ3) is 13.4. The van der Waals surface area contributed by atoms with Crippen LogP contribution in [-0.2, 0) is 33.1 Å². The van der Waals surface area contributed by atoms with E-state index in [1.54, 1.807) is 60.7 Å². The molecule has 0 aliphatic rings. The molecular weight excluding hydrogens is 697 g/mol. The zero-order valence-electron chi connectivity index (χ0n) is 27.8. The molecule has 0 bridgehead atoms. The monoisotopic (exact) mass is 738 g/mol.